The maximum absolute atomic E-state index is 13.8. The first-order valence-electron chi connectivity index (χ1n) is 8.18. The second-order valence-electron chi connectivity index (χ2n) is 6.48. The SMILES string of the molecule is O=C(c1ncc2c(F)cccn12)N1CCn2nc(C3CC3)cc2C1. The number of nitrogens with zero attached hydrogens (tertiary/aromatic N) is 5. The van der Waals surface area contributed by atoms with E-state index in [0.717, 1.165) is 11.4 Å². The lowest BCUT2D eigenvalue weighted by molar-refractivity contribution is 0.0693. The second kappa shape index (κ2) is 4.90. The standard InChI is InChI=1S/C17H16FN5O/c18-13-2-1-5-22-15(13)9-19-16(22)17(24)21-6-7-23-12(10-21)8-14(20-23)11-3-4-11/h1-2,5,8-9,11H,3-4,6-7,10H2. The van der Waals surface area contributed by atoms with Gasteiger partial charge in [-0.25, -0.2) is 9.37 Å². The van der Waals surface area contributed by atoms with Crippen LogP contribution in [0.2, 0.25) is 0 Å². The van der Waals surface area contributed by atoms with Crippen LogP contribution in [0.15, 0.2) is 30.6 Å². The number of carbonyl (C=O) groups is 1. The molecule has 0 aromatic carbocycles. The number of fused-ring (bicyclic) bond motifs is 2. The van der Waals surface area contributed by atoms with Crippen molar-refractivity contribution < 1.29 is 9.18 Å². The molecule has 24 heavy (non-hydrogen) atoms. The molecular formula is C17H16FN5O. The van der Waals surface area contributed by atoms with Crippen LogP contribution >= 0.6 is 0 Å². The highest BCUT2D eigenvalue weighted by Gasteiger charge is 2.30. The number of imidazole rings is 1. The summed E-state index contributed by atoms with van der Waals surface area (Å²) in [5, 5.41) is 4.64. The van der Waals surface area contributed by atoms with E-state index < -0.39 is 0 Å². The molecule has 4 heterocycles. The van der Waals surface area contributed by atoms with E-state index in [-0.39, 0.29) is 17.5 Å². The molecular weight excluding hydrogens is 309 g/mol. The van der Waals surface area contributed by atoms with Crippen LogP contribution in [0.4, 0.5) is 4.39 Å². The van der Waals surface area contributed by atoms with E-state index in [2.05, 4.69) is 16.1 Å². The molecule has 1 aliphatic carbocycles. The Labute approximate surface area is 137 Å². The Bertz CT molecular complexity index is 955. The number of aromatic nitrogens is 4. The molecule has 0 N–H and O–H groups in total. The number of carbonyl (C=O) groups excluding carboxylic acids is 1. The van der Waals surface area contributed by atoms with Crippen molar-refractivity contribution >= 4 is 11.4 Å². The summed E-state index contributed by atoms with van der Waals surface area (Å²) < 4.78 is 17.3. The van der Waals surface area contributed by atoms with Gasteiger partial charge in [0.05, 0.1) is 30.7 Å². The smallest absolute Gasteiger partial charge is 0.290 e. The molecule has 7 heteroatoms. The summed E-state index contributed by atoms with van der Waals surface area (Å²) in [6.45, 7) is 1.79. The maximum Gasteiger partial charge on any atom is 0.290 e. The average Bonchev–Trinajstić information content (AvgIpc) is 3.20. The molecule has 0 radical (unpaired) electrons. The molecule has 1 fully saturated rings. The normalized spacial score (nSPS) is 17.3. The minimum absolute atomic E-state index is 0.180. The van der Waals surface area contributed by atoms with E-state index in [1.807, 2.05) is 4.68 Å². The quantitative estimate of drug-likeness (QED) is 0.726. The largest absolute Gasteiger partial charge is 0.328 e. The molecule has 2 aliphatic rings. The molecule has 1 saturated carbocycles. The van der Waals surface area contributed by atoms with Gasteiger partial charge in [-0.1, -0.05) is 0 Å². The Morgan fingerprint density at radius 1 is 1.29 bits per heavy atom. The highest BCUT2D eigenvalue weighted by molar-refractivity contribution is 5.92. The van der Waals surface area contributed by atoms with Crippen molar-refractivity contribution in [1.82, 2.24) is 24.1 Å². The van der Waals surface area contributed by atoms with Gasteiger partial charge in [0.15, 0.2) is 0 Å². The summed E-state index contributed by atoms with van der Waals surface area (Å²) in [5.41, 5.74) is 2.52. The predicted octanol–water partition coefficient (Wildman–Crippen LogP) is 2.20. The van der Waals surface area contributed by atoms with Crippen LogP contribution in [0.25, 0.3) is 5.52 Å². The Morgan fingerprint density at radius 2 is 2.17 bits per heavy atom. The molecule has 122 valence electrons. The summed E-state index contributed by atoms with van der Waals surface area (Å²) in [5.74, 6) is 0.294. The fourth-order valence-electron chi connectivity index (χ4n) is 3.33. The molecule has 6 nitrogen and oxygen atoms in total. The number of rotatable bonds is 2. The van der Waals surface area contributed by atoms with Gasteiger partial charge in [-0.2, -0.15) is 5.10 Å². The summed E-state index contributed by atoms with van der Waals surface area (Å²) >= 11 is 0. The van der Waals surface area contributed by atoms with Gasteiger partial charge in [0.2, 0.25) is 5.82 Å². The molecule has 3 aromatic heterocycles. The second-order valence-corrected chi connectivity index (χ2v) is 6.48. The van der Waals surface area contributed by atoms with Gasteiger partial charge < -0.3 is 4.90 Å². The van der Waals surface area contributed by atoms with Gasteiger partial charge >= 0.3 is 0 Å². The van der Waals surface area contributed by atoms with E-state index in [1.54, 1.807) is 17.2 Å². The number of hydrogen-bond donors (Lipinski definition) is 0. The number of pyridine rings is 1. The molecule has 0 bridgehead atoms. The van der Waals surface area contributed by atoms with Crippen LogP contribution in [-0.2, 0) is 13.1 Å². The van der Waals surface area contributed by atoms with Gasteiger partial charge in [-0.3, -0.25) is 13.9 Å². The Morgan fingerprint density at radius 3 is 3.00 bits per heavy atom. The third kappa shape index (κ3) is 2.04. The first-order valence-corrected chi connectivity index (χ1v) is 8.18. The molecule has 0 saturated heterocycles. The van der Waals surface area contributed by atoms with Gasteiger partial charge in [-0.05, 0) is 31.0 Å². The van der Waals surface area contributed by atoms with Crippen molar-refractivity contribution in [2.75, 3.05) is 6.54 Å². The Hall–Kier alpha value is -2.70. The molecule has 0 unspecified atom stereocenters. The molecule has 5 rings (SSSR count). The van der Waals surface area contributed by atoms with Crippen LogP contribution in [0, 0.1) is 5.82 Å². The van der Waals surface area contributed by atoms with E-state index in [4.69, 9.17) is 0 Å². The lowest BCUT2D eigenvalue weighted by Gasteiger charge is -2.27. The van der Waals surface area contributed by atoms with Gasteiger partial charge in [0.25, 0.3) is 5.91 Å². The summed E-state index contributed by atoms with van der Waals surface area (Å²) in [7, 11) is 0. The van der Waals surface area contributed by atoms with Gasteiger partial charge in [0.1, 0.15) is 11.3 Å². The highest BCUT2D eigenvalue weighted by Crippen LogP contribution is 2.39. The van der Waals surface area contributed by atoms with Gasteiger partial charge in [0, 0.05) is 18.7 Å². The van der Waals surface area contributed by atoms with Crippen molar-refractivity contribution in [3.63, 3.8) is 0 Å². The lowest BCUT2D eigenvalue weighted by Crippen LogP contribution is -2.39. The van der Waals surface area contributed by atoms with Crippen molar-refractivity contribution in [3.05, 3.63) is 53.6 Å². The van der Waals surface area contributed by atoms with Crippen LogP contribution in [0.5, 0.6) is 0 Å². The fourth-order valence-corrected chi connectivity index (χ4v) is 3.33. The lowest BCUT2D eigenvalue weighted by atomic mass is 10.2. The van der Waals surface area contributed by atoms with Crippen LogP contribution in [0.1, 0.15) is 40.8 Å². The van der Waals surface area contributed by atoms with E-state index in [0.29, 0.717) is 31.1 Å². The molecule has 0 spiro atoms. The van der Waals surface area contributed by atoms with E-state index in [1.165, 1.54) is 29.5 Å². The zero-order valence-corrected chi connectivity index (χ0v) is 13.0. The summed E-state index contributed by atoms with van der Waals surface area (Å²) in [4.78, 5) is 18.7. The molecule has 0 atom stereocenters. The van der Waals surface area contributed by atoms with Crippen molar-refractivity contribution in [2.24, 2.45) is 0 Å². The minimum Gasteiger partial charge on any atom is -0.328 e. The molecule has 3 aromatic rings. The maximum atomic E-state index is 13.8. The Kier molecular flexibility index (Phi) is 2.80. The highest BCUT2D eigenvalue weighted by atomic mass is 19.1. The summed E-state index contributed by atoms with van der Waals surface area (Å²) in [6.07, 6.45) is 5.50. The first kappa shape index (κ1) is 13.7. The third-order valence-electron chi connectivity index (χ3n) is 4.81. The Balaban J connectivity index is 1.45. The van der Waals surface area contributed by atoms with Crippen molar-refractivity contribution in [1.29, 1.82) is 0 Å². The minimum atomic E-state index is -0.380. The monoisotopic (exact) mass is 325 g/mol. The van der Waals surface area contributed by atoms with Crippen LogP contribution in [0.3, 0.4) is 0 Å². The molecule has 1 aliphatic heterocycles. The topological polar surface area (TPSA) is 55.4 Å². The first-order chi connectivity index (χ1) is 11.7. The zero-order chi connectivity index (χ0) is 16.3. The fraction of sp³-hybridized carbons (Fsp3) is 0.353. The number of halogens is 1. The number of amides is 1. The van der Waals surface area contributed by atoms with E-state index >= 15 is 0 Å². The number of hydrogen-bond acceptors (Lipinski definition) is 3. The van der Waals surface area contributed by atoms with Crippen LogP contribution in [-0.4, -0.2) is 36.5 Å². The van der Waals surface area contributed by atoms with Crippen molar-refractivity contribution in [2.45, 2.75) is 31.8 Å². The molecule has 1 amide bonds. The van der Waals surface area contributed by atoms with Crippen molar-refractivity contribution in [3.8, 4) is 0 Å². The summed E-state index contributed by atoms with van der Waals surface area (Å²) in [6, 6.07) is 5.05. The van der Waals surface area contributed by atoms with Crippen LogP contribution < -0.4 is 0 Å². The van der Waals surface area contributed by atoms with Gasteiger partial charge in [-0.15, -0.1) is 0 Å². The zero-order valence-electron chi connectivity index (χ0n) is 13.0. The average molecular weight is 325 g/mol. The van der Waals surface area contributed by atoms with E-state index in [9.17, 15) is 9.18 Å². The predicted molar refractivity (Wildman–Crippen MR) is 84.1 cm³/mol. The third-order valence-corrected chi connectivity index (χ3v) is 4.81.